The summed E-state index contributed by atoms with van der Waals surface area (Å²) in [5.74, 6) is 1.79. The van der Waals surface area contributed by atoms with E-state index in [0.717, 1.165) is 17.3 Å². The van der Waals surface area contributed by atoms with Crippen molar-refractivity contribution in [1.82, 2.24) is 0 Å². The normalized spacial score (nSPS) is 19.1. The molecule has 1 aliphatic heterocycles. The van der Waals surface area contributed by atoms with Gasteiger partial charge in [0.25, 0.3) is 0 Å². The second-order valence-corrected chi connectivity index (χ2v) is 2.23. The van der Waals surface area contributed by atoms with Crippen LogP contribution in [0.4, 0.5) is 0 Å². The number of hydrogen-bond acceptors (Lipinski definition) is 3. The van der Waals surface area contributed by atoms with Crippen LogP contribution in [0.3, 0.4) is 0 Å². The summed E-state index contributed by atoms with van der Waals surface area (Å²) < 4.78 is 0. The van der Waals surface area contributed by atoms with Crippen molar-refractivity contribution in [3.8, 4) is 0 Å². The van der Waals surface area contributed by atoms with Crippen molar-refractivity contribution in [2.45, 2.75) is 0 Å². The predicted octanol–water partition coefficient (Wildman–Crippen LogP) is 0.781. The lowest BCUT2D eigenvalue weighted by Gasteiger charge is -1.78. The Morgan fingerprint density at radius 3 is 3.00 bits per heavy atom. The molecule has 0 spiro atoms. The maximum atomic E-state index is 6.73. The van der Waals surface area contributed by atoms with E-state index in [-0.39, 0.29) is 0 Å². The van der Waals surface area contributed by atoms with E-state index in [1.165, 1.54) is 6.21 Å². The molecule has 0 atom stereocenters. The second-order valence-electron chi connectivity index (χ2n) is 1.27. The van der Waals surface area contributed by atoms with Crippen molar-refractivity contribution in [3.05, 3.63) is 0 Å². The molecule has 0 unspecified atom stereocenters. The molecule has 1 heterocycles. The highest BCUT2D eigenvalue weighted by atomic mass is 32.2. The molecular weight excluding hydrogens is 108 g/mol. The SMILES string of the molecule is N=CC1=NCSC1. The summed E-state index contributed by atoms with van der Waals surface area (Å²) in [4.78, 5) is 3.99. The lowest BCUT2D eigenvalue weighted by Crippen LogP contribution is -1.95. The van der Waals surface area contributed by atoms with E-state index in [9.17, 15) is 0 Å². The van der Waals surface area contributed by atoms with Crippen LogP contribution in [-0.4, -0.2) is 23.6 Å². The Bertz CT molecular complexity index is 108. The molecule has 7 heavy (non-hydrogen) atoms. The average Bonchev–Trinajstić information content (AvgIpc) is 2.14. The van der Waals surface area contributed by atoms with Crippen LogP contribution in [0.15, 0.2) is 4.99 Å². The zero-order chi connectivity index (χ0) is 5.11. The molecule has 3 heteroatoms. The molecule has 0 aromatic rings. The smallest absolute Gasteiger partial charge is 0.0852 e. The summed E-state index contributed by atoms with van der Waals surface area (Å²) in [5, 5.41) is 6.73. The Labute approximate surface area is 46.5 Å². The summed E-state index contributed by atoms with van der Waals surface area (Å²) in [5.41, 5.74) is 0.921. The van der Waals surface area contributed by atoms with Crippen LogP contribution in [0, 0.1) is 5.41 Å². The Balaban J connectivity index is 2.51. The molecule has 1 aliphatic rings. The second kappa shape index (κ2) is 2.12. The first-order chi connectivity index (χ1) is 3.43. The van der Waals surface area contributed by atoms with Gasteiger partial charge in [0.15, 0.2) is 0 Å². The van der Waals surface area contributed by atoms with Gasteiger partial charge in [0.05, 0.1) is 11.6 Å². The van der Waals surface area contributed by atoms with Crippen LogP contribution in [-0.2, 0) is 0 Å². The minimum atomic E-state index is 0.852. The van der Waals surface area contributed by atoms with Gasteiger partial charge in [-0.25, -0.2) is 0 Å². The quantitative estimate of drug-likeness (QED) is 0.502. The first-order valence-electron chi connectivity index (χ1n) is 2.05. The van der Waals surface area contributed by atoms with Gasteiger partial charge in [0, 0.05) is 12.0 Å². The molecule has 0 aliphatic carbocycles. The molecule has 0 aromatic carbocycles. The highest BCUT2D eigenvalue weighted by Crippen LogP contribution is 2.07. The maximum Gasteiger partial charge on any atom is 0.0852 e. The fraction of sp³-hybridized carbons (Fsp3) is 0.500. The van der Waals surface area contributed by atoms with Crippen molar-refractivity contribution in [2.75, 3.05) is 11.6 Å². The monoisotopic (exact) mass is 114 g/mol. The van der Waals surface area contributed by atoms with Crippen LogP contribution < -0.4 is 0 Å². The molecule has 2 nitrogen and oxygen atoms in total. The summed E-state index contributed by atoms with van der Waals surface area (Å²) in [7, 11) is 0. The third-order valence-electron chi connectivity index (χ3n) is 0.775. The van der Waals surface area contributed by atoms with Gasteiger partial charge in [-0.15, -0.1) is 11.8 Å². The predicted molar refractivity (Wildman–Crippen MR) is 33.5 cm³/mol. The zero-order valence-electron chi connectivity index (χ0n) is 3.85. The Morgan fingerprint density at radius 2 is 2.71 bits per heavy atom. The number of thioether (sulfide) groups is 1. The van der Waals surface area contributed by atoms with Crippen molar-refractivity contribution in [2.24, 2.45) is 4.99 Å². The number of nitrogens with zero attached hydrogens (tertiary/aromatic N) is 1. The molecule has 0 aromatic heterocycles. The molecule has 0 bridgehead atoms. The lowest BCUT2D eigenvalue weighted by atomic mass is 10.5. The van der Waals surface area contributed by atoms with E-state index in [2.05, 4.69) is 4.99 Å². The van der Waals surface area contributed by atoms with Gasteiger partial charge in [0.2, 0.25) is 0 Å². The number of rotatable bonds is 1. The molecule has 1 N–H and O–H groups in total. The molecule has 0 amide bonds. The first-order valence-corrected chi connectivity index (χ1v) is 3.20. The first kappa shape index (κ1) is 4.84. The van der Waals surface area contributed by atoms with Crippen LogP contribution >= 0.6 is 11.8 Å². The lowest BCUT2D eigenvalue weighted by molar-refractivity contribution is 1.41. The Kier molecular flexibility index (Phi) is 1.46. The van der Waals surface area contributed by atoms with Gasteiger partial charge in [-0.3, -0.25) is 4.99 Å². The van der Waals surface area contributed by atoms with Crippen molar-refractivity contribution >= 4 is 23.7 Å². The molecule has 0 saturated heterocycles. The van der Waals surface area contributed by atoms with E-state index < -0.39 is 0 Å². The van der Waals surface area contributed by atoms with E-state index >= 15 is 0 Å². The molecular formula is C4H6N2S. The molecule has 0 saturated carbocycles. The number of aliphatic imine (C=N–C) groups is 1. The molecule has 0 fully saturated rings. The largest absolute Gasteiger partial charge is 0.307 e. The number of hydrogen-bond donors (Lipinski definition) is 1. The third-order valence-corrected chi connectivity index (χ3v) is 1.59. The van der Waals surface area contributed by atoms with Gasteiger partial charge in [-0.1, -0.05) is 0 Å². The fourth-order valence-electron chi connectivity index (χ4n) is 0.412. The minimum absolute atomic E-state index is 0.852. The summed E-state index contributed by atoms with van der Waals surface area (Å²) in [6.45, 7) is 0. The number of nitrogens with one attached hydrogen (secondary N) is 1. The summed E-state index contributed by atoms with van der Waals surface area (Å²) in [6.07, 6.45) is 1.32. The standard InChI is InChI=1S/C4H6N2S/c5-1-4-2-7-3-6-4/h1,5H,2-3H2. The Hall–Kier alpha value is -0.310. The van der Waals surface area contributed by atoms with Gasteiger partial charge >= 0.3 is 0 Å². The molecule has 1 rings (SSSR count). The molecule has 38 valence electrons. The fourth-order valence-corrected chi connectivity index (χ4v) is 1.14. The topological polar surface area (TPSA) is 36.2 Å². The summed E-state index contributed by atoms with van der Waals surface area (Å²) >= 11 is 1.75. The van der Waals surface area contributed by atoms with Crippen LogP contribution in [0.1, 0.15) is 0 Å². The Morgan fingerprint density at radius 1 is 1.86 bits per heavy atom. The zero-order valence-corrected chi connectivity index (χ0v) is 4.66. The van der Waals surface area contributed by atoms with Gasteiger partial charge in [-0.05, 0) is 0 Å². The van der Waals surface area contributed by atoms with Crippen LogP contribution in [0.25, 0.3) is 0 Å². The van der Waals surface area contributed by atoms with Gasteiger partial charge < -0.3 is 5.41 Å². The van der Waals surface area contributed by atoms with E-state index in [4.69, 9.17) is 5.41 Å². The minimum Gasteiger partial charge on any atom is -0.307 e. The van der Waals surface area contributed by atoms with Gasteiger partial charge in [-0.2, -0.15) is 0 Å². The molecule has 0 radical (unpaired) electrons. The van der Waals surface area contributed by atoms with Crippen molar-refractivity contribution < 1.29 is 0 Å². The van der Waals surface area contributed by atoms with Crippen molar-refractivity contribution in [3.63, 3.8) is 0 Å². The van der Waals surface area contributed by atoms with Crippen molar-refractivity contribution in [1.29, 1.82) is 5.41 Å². The van der Waals surface area contributed by atoms with Crippen LogP contribution in [0.2, 0.25) is 0 Å². The van der Waals surface area contributed by atoms with Gasteiger partial charge in [0.1, 0.15) is 0 Å². The van der Waals surface area contributed by atoms with E-state index in [0.29, 0.717) is 0 Å². The summed E-state index contributed by atoms with van der Waals surface area (Å²) in [6, 6.07) is 0. The van der Waals surface area contributed by atoms with Crippen LogP contribution in [0.5, 0.6) is 0 Å². The highest BCUT2D eigenvalue weighted by Gasteiger charge is 2.00. The highest BCUT2D eigenvalue weighted by molar-refractivity contribution is 8.00. The average molecular weight is 114 g/mol. The van der Waals surface area contributed by atoms with E-state index in [1.807, 2.05) is 0 Å². The van der Waals surface area contributed by atoms with E-state index in [1.54, 1.807) is 11.8 Å². The third kappa shape index (κ3) is 1.03. The maximum absolute atomic E-state index is 6.73.